The molecule has 0 unspecified atom stereocenters. The van der Waals surface area contributed by atoms with Crippen molar-refractivity contribution < 1.29 is 0 Å². The molecule has 2 heterocycles. The molecule has 1 N–H and O–H groups in total. The molecule has 0 saturated heterocycles. The van der Waals surface area contributed by atoms with Crippen molar-refractivity contribution in [1.82, 2.24) is 9.97 Å². The fraction of sp³-hybridized carbons (Fsp3) is 0. The molecule has 0 fully saturated rings. The minimum absolute atomic E-state index is 0.173. The normalized spacial score (nSPS) is 10.4. The smallest absolute Gasteiger partial charge is 0.265 e. The van der Waals surface area contributed by atoms with E-state index in [9.17, 15) is 4.79 Å². The van der Waals surface area contributed by atoms with Crippen molar-refractivity contribution in [1.29, 1.82) is 0 Å². The summed E-state index contributed by atoms with van der Waals surface area (Å²) in [4.78, 5) is 18.1. The van der Waals surface area contributed by atoms with Crippen molar-refractivity contribution in [3.8, 4) is 11.4 Å². The summed E-state index contributed by atoms with van der Waals surface area (Å²) in [5.74, 6) is 0.575. The van der Waals surface area contributed by atoms with E-state index in [0.717, 1.165) is 10.0 Å². The Hall–Kier alpha value is -0.460. The summed E-state index contributed by atoms with van der Waals surface area (Å²) in [5, 5.41) is 3.87. The topological polar surface area (TPSA) is 45.8 Å². The molecule has 14 heavy (non-hydrogen) atoms. The van der Waals surface area contributed by atoms with Gasteiger partial charge in [-0.05, 0) is 31.9 Å². The summed E-state index contributed by atoms with van der Waals surface area (Å²) >= 11 is 8.03. The Morgan fingerprint density at radius 2 is 2.07 bits per heavy atom. The van der Waals surface area contributed by atoms with Gasteiger partial charge in [-0.25, -0.2) is 4.98 Å². The van der Waals surface area contributed by atoms with Crippen molar-refractivity contribution in [3.05, 3.63) is 36.3 Å². The molecule has 6 heteroatoms. The van der Waals surface area contributed by atoms with Crippen LogP contribution in [0, 0.1) is 0 Å². The standard InChI is InChI=1S/C8H4Br2N2OS/c9-5-1-11-7(12-8(5)13)4-2-14-3-6(4)10/h1-3H,(H,11,12,13). The summed E-state index contributed by atoms with van der Waals surface area (Å²) in [6.07, 6.45) is 1.50. The summed E-state index contributed by atoms with van der Waals surface area (Å²) in [5.41, 5.74) is 0.729. The first-order valence-corrected chi connectivity index (χ1v) is 6.18. The van der Waals surface area contributed by atoms with Gasteiger partial charge in [-0.3, -0.25) is 4.79 Å². The van der Waals surface area contributed by atoms with Crippen LogP contribution in [0.5, 0.6) is 0 Å². The predicted molar refractivity (Wildman–Crippen MR) is 63.6 cm³/mol. The number of thiophene rings is 1. The molecule has 0 radical (unpaired) electrons. The summed E-state index contributed by atoms with van der Waals surface area (Å²) in [6, 6.07) is 0. The molecule has 0 aliphatic rings. The van der Waals surface area contributed by atoms with Crippen LogP contribution in [0.3, 0.4) is 0 Å². The van der Waals surface area contributed by atoms with Gasteiger partial charge in [0.15, 0.2) is 0 Å². The van der Waals surface area contributed by atoms with Crippen LogP contribution in [-0.2, 0) is 0 Å². The zero-order chi connectivity index (χ0) is 10.1. The van der Waals surface area contributed by atoms with Crippen LogP contribution in [-0.4, -0.2) is 9.97 Å². The van der Waals surface area contributed by atoms with Crippen LogP contribution < -0.4 is 5.56 Å². The molecular formula is C8H4Br2N2OS. The minimum Gasteiger partial charge on any atom is -0.305 e. The maximum Gasteiger partial charge on any atom is 0.265 e. The van der Waals surface area contributed by atoms with Crippen molar-refractivity contribution in [3.63, 3.8) is 0 Å². The minimum atomic E-state index is -0.173. The number of nitrogens with zero attached hydrogens (tertiary/aromatic N) is 1. The first-order chi connectivity index (χ1) is 6.68. The first kappa shape index (κ1) is 10.1. The molecule has 0 saturated carbocycles. The quantitative estimate of drug-likeness (QED) is 0.870. The molecular weight excluding hydrogens is 332 g/mol. The Kier molecular flexibility index (Phi) is 2.85. The molecule has 72 valence electrons. The summed E-state index contributed by atoms with van der Waals surface area (Å²) in [7, 11) is 0. The van der Waals surface area contributed by atoms with Crippen LogP contribution in [0.15, 0.2) is 30.7 Å². The maximum atomic E-state index is 11.3. The van der Waals surface area contributed by atoms with Gasteiger partial charge in [0, 0.05) is 27.0 Å². The van der Waals surface area contributed by atoms with Crippen LogP contribution >= 0.6 is 43.2 Å². The molecule has 0 spiro atoms. The van der Waals surface area contributed by atoms with Crippen molar-refractivity contribution in [2.24, 2.45) is 0 Å². The van der Waals surface area contributed by atoms with E-state index in [0.29, 0.717) is 10.3 Å². The molecule has 0 amide bonds. The lowest BCUT2D eigenvalue weighted by Gasteiger charge is -1.97. The van der Waals surface area contributed by atoms with Crippen LogP contribution in [0.4, 0.5) is 0 Å². The number of aromatic nitrogens is 2. The number of hydrogen-bond acceptors (Lipinski definition) is 3. The maximum absolute atomic E-state index is 11.3. The lowest BCUT2D eigenvalue weighted by Crippen LogP contribution is -2.08. The Labute approximate surface area is 100 Å². The van der Waals surface area contributed by atoms with E-state index in [1.807, 2.05) is 10.8 Å². The van der Waals surface area contributed by atoms with Crippen molar-refractivity contribution in [2.75, 3.05) is 0 Å². The number of nitrogens with one attached hydrogen (secondary N) is 1. The number of halogens is 2. The largest absolute Gasteiger partial charge is 0.305 e. The first-order valence-electron chi connectivity index (χ1n) is 3.65. The van der Waals surface area contributed by atoms with E-state index in [-0.39, 0.29) is 5.56 Å². The highest BCUT2D eigenvalue weighted by Gasteiger charge is 2.07. The Morgan fingerprint density at radius 3 is 2.64 bits per heavy atom. The average molecular weight is 336 g/mol. The van der Waals surface area contributed by atoms with E-state index in [2.05, 4.69) is 41.8 Å². The molecule has 0 atom stereocenters. The number of rotatable bonds is 1. The second kappa shape index (κ2) is 3.96. The lowest BCUT2D eigenvalue weighted by atomic mass is 10.3. The van der Waals surface area contributed by atoms with Gasteiger partial charge in [0.25, 0.3) is 5.56 Å². The fourth-order valence-corrected chi connectivity index (χ4v) is 2.63. The molecule has 0 aromatic carbocycles. The molecule has 0 aliphatic carbocycles. The van der Waals surface area contributed by atoms with Gasteiger partial charge in [0.2, 0.25) is 0 Å². The molecule has 0 bridgehead atoms. The third-order valence-corrected chi connectivity index (χ3v) is 3.89. The van der Waals surface area contributed by atoms with E-state index in [4.69, 9.17) is 0 Å². The van der Waals surface area contributed by atoms with Gasteiger partial charge in [-0.15, -0.1) is 0 Å². The monoisotopic (exact) mass is 334 g/mol. The summed E-state index contributed by atoms with van der Waals surface area (Å²) in [6.45, 7) is 0. The third-order valence-electron chi connectivity index (χ3n) is 1.63. The highest BCUT2D eigenvalue weighted by Crippen LogP contribution is 2.28. The zero-order valence-corrected chi connectivity index (χ0v) is 10.7. The highest BCUT2D eigenvalue weighted by molar-refractivity contribution is 9.10. The van der Waals surface area contributed by atoms with E-state index in [1.54, 1.807) is 11.3 Å². The fourth-order valence-electron chi connectivity index (χ4n) is 0.967. The summed E-state index contributed by atoms with van der Waals surface area (Å²) < 4.78 is 1.38. The van der Waals surface area contributed by atoms with Gasteiger partial charge in [-0.2, -0.15) is 11.3 Å². The van der Waals surface area contributed by atoms with Gasteiger partial charge in [0.05, 0.1) is 0 Å². The highest BCUT2D eigenvalue weighted by atomic mass is 79.9. The second-order valence-corrected chi connectivity index (χ2v) is 4.99. The Morgan fingerprint density at radius 1 is 1.29 bits per heavy atom. The Bertz CT molecular complexity index is 520. The second-order valence-electron chi connectivity index (χ2n) is 2.54. The number of H-pyrrole nitrogens is 1. The molecule has 0 aliphatic heterocycles. The van der Waals surface area contributed by atoms with Gasteiger partial charge in [-0.1, -0.05) is 0 Å². The zero-order valence-electron chi connectivity index (χ0n) is 6.75. The third kappa shape index (κ3) is 1.82. The van der Waals surface area contributed by atoms with E-state index >= 15 is 0 Å². The van der Waals surface area contributed by atoms with Gasteiger partial charge >= 0.3 is 0 Å². The average Bonchev–Trinajstić information content (AvgIpc) is 2.57. The molecule has 2 aromatic rings. The SMILES string of the molecule is O=c1[nH]c(-c2cscc2Br)ncc1Br. The van der Waals surface area contributed by atoms with Crippen LogP contribution in [0.25, 0.3) is 11.4 Å². The number of hydrogen-bond donors (Lipinski definition) is 1. The Balaban J connectivity index is 2.59. The van der Waals surface area contributed by atoms with Gasteiger partial charge in [0.1, 0.15) is 10.3 Å². The van der Waals surface area contributed by atoms with Gasteiger partial charge < -0.3 is 4.98 Å². The molecule has 3 nitrogen and oxygen atoms in total. The molecule has 2 rings (SSSR count). The van der Waals surface area contributed by atoms with Crippen LogP contribution in [0.2, 0.25) is 0 Å². The van der Waals surface area contributed by atoms with Crippen molar-refractivity contribution in [2.45, 2.75) is 0 Å². The lowest BCUT2D eigenvalue weighted by molar-refractivity contribution is 1.11. The predicted octanol–water partition coefficient (Wildman–Crippen LogP) is 3.02. The number of aromatic amines is 1. The molecule has 2 aromatic heterocycles. The van der Waals surface area contributed by atoms with E-state index < -0.39 is 0 Å². The van der Waals surface area contributed by atoms with Crippen molar-refractivity contribution >= 4 is 43.2 Å². The van der Waals surface area contributed by atoms with E-state index in [1.165, 1.54) is 6.20 Å². The van der Waals surface area contributed by atoms with Crippen LogP contribution in [0.1, 0.15) is 0 Å².